The smallest absolute Gasteiger partial charge is 0.336 e. The van der Waals surface area contributed by atoms with Crippen LogP contribution in [0.15, 0.2) is 42.5 Å². The highest BCUT2D eigenvalue weighted by molar-refractivity contribution is 6.32. The van der Waals surface area contributed by atoms with Crippen LogP contribution in [0.4, 0.5) is 5.69 Å². The fraction of sp³-hybridized carbons (Fsp3) is 0.0625. The van der Waals surface area contributed by atoms with E-state index in [9.17, 15) is 20.0 Å². The zero-order chi connectivity index (χ0) is 17.7. The molecular formula is C16H12ClNO6. The summed E-state index contributed by atoms with van der Waals surface area (Å²) in [6, 6.07) is 8.08. The zero-order valence-electron chi connectivity index (χ0n) is 12.4. The normalized spacial score (nSPS) is 10.6. The summed E-state index contributed by atoms with van der Waals surface area (Å²) in [6.07, 6.45) is 2.62. The number of ether oxygens (including phenoxy) is 2. The number of carbonyl (C=O) groups excluding carboxylic acids is 1. The zero-order valence-corrected chi connectivity index (χ0v) is 13.2. The highest BCUT2D eigenvalue weighted by atomic mass is 35.5. The van der Waals surface area contributed by atoms with Crippen molar-refractivity contribution in [2.75, 3.05) is 7.11 Å². The second-order valence-electron chi connectivity index (χ2n) is 4.56. The first-order chi connectivity index (χ1) is 11.4. The molecule has 0 aliphatic heterocycles. The molecule has 1 N–H and O–H groups in total. The number of nitrogens with zero attached hydrogens (tertiary/aromatic N) is 1. The second-order valence-corrected chi connectivity index (χ2v) is 4.96. The molecule has 0 spiro atoms. The minimum absolute atomic E-state index is 0.0141. The van der Waals surface area contributed by atoms with Crippen molar-refractivity contribution >= 4 is 29.3 Å². The third-order valence-corrected chi connectivity index (χ3v) is 3.25. The van der Waals surface area contributed by atoms with Gasteiger partial charge in [-0.3, -0.25) is 10.1 Å². The molecule has 0 heterocycles. The number of methoxy groups -OCH3 is 1. The number of carbonyl (C=O) groups is 1. The number of aromatic hydroxyl groups is 1. The lowest BCUT2D eigenvalue weighted by atomic mass is 10.2. The summed E-state index contributed by atoms with van der Waals surface area (Å²) in [7, 11) is 1.41. The number of phenols is 1. The molecule has 2 aromatic carbocycles. The van der Waals surface area contributed by atoms with Crippen LogP contribution in [0.25, 0.3) is 6.08 Å². The molecule has 8 heteroatoms. The molecule has 2 aromatic rings. The number of halogens is 1. The van der Waals surface area contributed by atoms with Gasteiger partial charge in [0.2, 0.25) is 0 Å². The lowest BCUT2D eigenvalue weighted by molar-refractivity contribution is -0.384. The molecule has 124 valence electrons. The fourth-order valence-electron chi connectivity index (χ4n) is 1.79. The third-order valence-electron chi connectivity index (χ3n) is 2.95. The van der Waals surface area contributed by atoms with Crippen molar-refractivity contribution in [3.8, 4) is 17.2 Å². The molecule has 0 saturated carbocycles. The maximum atomic E-state index is 11.8. The van der Waals surface area contributed by atoms with E-state index in [0.717, 1.165) is 12.1 Å². The van der Waals surface area contributed by atoms with Crippen molar-refractivity contribution < 1.29 is 24.3 Å². The maximum Gasteiger partial charge on any atom is 0.336 e. The highest BCUT2D eigenvalue weighted by Crippen LogP contribution is 2.29. The molecule has 2 rings (SSSR count). The van der Waals surface area contributed by atoms with Gasteiger partial charge >= 0.3 is 5.97 Å². The Morgan fingerprint density at radius 3 is 2.62 bits per heavy atom. The van der Waals surface area contributed by atoms with Gasteiger partial charge in [0.1, 0.15) is 5.75 Å². The number of phenolic OH excluding ortho intramolecular Hbond substituents is 1. The Balaban J connectivity index is 2.09. The molecule has 0 fully saturated rings. The van der Waals surface area contributed by atoms with Crippen LogP contribution >= 0.6 is 11.6 Å². The SMILES string of the molecule is COc1cc(/C=C/C(=O)Oc2ccc([N+](=O)[O-])cc2Cl)ccc1O. The van der Waals surface area contributed by atoms with Crippen molar-refractivity contribution in [2.24, 2.45) is 0 Å². The van der Waals surface area contributed by atoms with Gasteiger partial charge in [0.25, 0.3) is 5.69 Å². The number of non-ortho nitro benzene ring substituents is 1. The molecule has 0 amide bonds. The van der Waals surface area contributed by atoms with Gasteiger partial charge in [-0.2, -0.15) is 0 Å². The molecule has 7 nitrogen and oxygen atoms in total. The van der Waals surface area contributed by atoms with E-state index in [4.69, 9.17) is 21.1 Å². The molecular weight excluding hydrogens is 338 g/mol. The number of rotatable bonds is 5. The fourth-order valence-corrected chi connectivity index (χ4v) is 2.00. The summed E-state index contributed by atoms with van der Waals surface area (Å²) in [6.45, 7) is 0. The third kappa shape index (κ3) is 4.23. The molecule has 0 unspecified atom stereocenters. The van der Waals surface area contributed by atoms with Crippen molar-refractivity contribution in [3.05, 3.63) is 63.2 Å². The summed E-state index contributed by atoms with van der Waals surface area (Å²) >= 11 is 5.84. The van der Waals surface area contributed by atoms with Crippen molar-refractivity contribution in [1.82, 2.24) is 0 Å². The number of nitro benzene ring substituents is 1. The van der Waals surface area contributed by atoms with Crippen LogP contribution in [-0.2, 0) is 4.79 Å². The Morgan fingerprint density at radius 1 is 1.25 bits per heavy atom. The van der Waals surface area contributed by atoms with Crippen molar-refractivity contribution in [2.45, 2.75) is 0 Å². The summed E-state index contributed by atoms with van der Waals surface area (Å²) in [5, 5.41) is 20.1. The van der Waals surface area contributed by atoms with Gasteiger partial charge in [0, 0.05) is 18.2 Å². The average molecular weight is 350 g/mol. The average Bonchev–Trinajstić information content (AvgIpc) is 2.55. The van der Waals surface area contributed by atoms with Crippen LogP contribution in [0.1, 0.15) is 5.56 Å². The van der Waals surface area contributed by atoms with Crippen molar-refractivity contribution in [3.63, 3.8) is 0 Å². The molecule has 0 saturated heterocycles. The van der Waals surface area contributed by atoms with Gasteiger partial charge in [-0.1, -0.05) is 17.7 Å². The van der Waals surface area contributed by atoms with Gasteiger partial charge < -0.3 is 14.6 Å². The second kappa shape index (κ2) is 7.47. The highest BCUT2D eigenvalue weighted by Gasteiger charge is 2.12. The van der Waals surface area contributed by atoms with E-state index in [1.165, 1.54) is 37.5 Å². The minimum atomic E-state index is -0.710. The molecule has 0 aromatic heterocycles. The van der Waals surface area contributed by atoms with Crippen LogP contribution < -0.4 is 9.47 Å². The van der Waals surface area contributed by atoms with Gasteiger partial charge in [-0.25, -0.2) is 4.79 Å². The van der Waals surface area contributed by atoms with E-state index in [2.05, 4.69) is 0 Å². The quantitative estimate of drug-likeness (QED) is 0.291. The molecule has 0 bridgehead atoms. The summed E-state index contributed by atoms with van der Waals surface area (Å²) in [5.41, 5.74) is 0.405. The molecule has 0 aliphatic carbocycles. The van der Waals surface area contributed by atoms with E-state index in [-0.39, 0.29) is 28.0 Å². The summed E-state index contributed by atoms with van der Waals surface area (Å²) in [4.78, 5) is 21.8. The van der Waals surface area contributed by atoms with Crippen LogP contribution in [-0.4, -0.2) is 23.1 Å². The standard InChI is InChI=1S/C16H12ClNO6/c1-23-15-8-10(2-5-13(15)19)3-7-16(20)24-14-6-4-11(18(21)22)9-12(14)17/h2-9,19H,1H3/b7-3+. The Morgan fingerprint density at radius 2 is 2.00 bits per heavy atom. The van der Waals surface area contributed by atoms with E-state index < -0.39 is 10.9 Å². The largest absolute Gasteiger partial charge is 0.504 e. The maximum absolute atomic E-state index is 11.8. The number of nitro groups is 1. The topological polar surface area (TPSA) is 98.9 Å². The number of benzene rings is 2. The first-order valence-electron chi connectivity index (χ1n) is 6.61. The molecule has 24 heavy (non-hydrogen) atoms. The van der Waals surface area contributed by atoms with E-state index >= 15 is 0 Å². The van der Waals surface area contributed by atoms with Crippen LogP contribution in [0, 0.1) is 10.1 Å². The predicted molar refractivity (Wildman–Crippen MR) is 87.4 cm³/mol. The molecule has 0 aliphatic rings. The first kappa shape index (κ1) is 17.3. The number of hydrogen-bond donors (Lipinski definition) is 1. The van der Waals surface area contributed by atoms with Gasteiger partial charge in [0.15, 0.2) is 11.5 Å². The van der Waals surface area contributed by atoms with E-state index in [0.29, 0.717) is 5.56 Å². The number of hydrogen-bond acceptors (Lipinski definition) is 6. The predicted octanol–water partition coefficient (Wildman–Crippen LogP) is 3.58. The summed E-state index contributed by atoms with van der Waals surface area (Å²) < 4.78 is 9.98. The van der Waals surface area contributed by atoms with Gasteiger partial charge in [-0.05, 0) is 29.8 Å². The minimum Gasteiger partial charge on any atom is -0.504 e. The van der Waals surface area contributed by atoms with Crippen LogP contribution in [0.5, 0.6) is 17.2 Å². The Hall–Kier alpha value is -3.06. The lowest BCUT2D eigenvalue weighted by Gasteiger charge is -2.04. The van der Waals surface area contributed by atoms with Crippen molar-refractivity contribution in [1.29, 1.82) is 0 Å². The van der Waals surface area contributed by atoms with E-state index in [1.807, 2.05) is 0 Å². The monoisotopic (exact) mass is 349 g/mol. The number of esters is 1. The lowest BCUT2D eigenvalue weighted by Crippen LogP contribution is -2.04. The van der Waals surface area contributed by atoms with Crippen LogP contribution in [0.3, 0.4) is 0 Å². The van der Waals surface area contributed by atoms with Gasteiger partial charge in [0.05, 0.1) is 17.1 Å². The van der Waals surface area contributed by atoms with Crippen LogP contribution in [0.2, 0.25) is 5.02 Å². The molecule has 0 atom stereocenters. The Bertz CT molecular complexity index is 818. The Kier molecular flexibility index (Phi) is 5.39. The molecule has 0 radical (unpaired) electrons. The summed E-state index contributed by atoms with van der Waals surface area (Å²) in [5.74, 6) is -0.447. The van der Waals surface area contributed by atoms with E-state index in [1.54, 1.807) is 6.07 Å². The van der Waals surface area contributed by atoms with Gasteiger partial charge in [-0.15, -0.1) is 0 Å². The first-order valence-corrected chi connectivity index (χ1v) is 6.99. The Labute approximate surface area is 141 Å².